The maximum Gasteiger partial charge on any atom is 0.273 e. The molecule has 2 aromatic carbocycles. The number of halogens is 1. The molecule has 200 valence electrons. The molecule has 0 bridgehead atoms. The van der Waals surface area contributed by atoms with Crippen LogP contribution < -0.4 is 15.4 Å². The fourth-order valence-electron chi connectivity index (χ4n) is 4.60. The summed E-state index contributed by atoms with van der Waals surface area (Å²) in [7, 11) is 1.60. The Morgan fingerprint density at radius 1 is 1.08 bits per heavy atom. The van der Waals surface area contributed by atoms with Crippen LogP contribution in [0.5, 0.6) is 5.75 Å². The van der Waals surface area contributed by atoms with Crippen LogP contribution in [0.1, 0.15) is 52.4 Å². The van der Waals surface area contributed by atoms with E-state index < -0.39 is 11.4 Å². The summed E-state index contributed by atoms with van der Waals surface area (Å²) in [4.78, 5) is 45.9. The van der Waals surface area contributed by atoms with Gasteiger partial charge >= 0.3 is 0 Å². The highest BCUT2D eigenvalue weighted by Gasteiger charge is 2.48. The molecule has 3 amide bonds. The summed E-state index contributed by atoms with van der Waals surface area (Å²) in [6.45, 7) is 4.94. The van der Waals surface area contributed by atoms with Gasteiger partial charge in [0, 0.05) is 24.7 Å². The van der Waals surface area contributed by atoms with E-state index in [9.17, 15) is 14.4 Å². The summed E-state index contributed by atoms with van der Waals surface area (Å²) in [5.41, 5.74) is 1.06. The van der Waals surface area contributed by atoms with Crippen LogP contribution >= 0.6 is 11.6 Å². The fraction of sp³-hybridized carbons (Fsp3) is 0.357. The lowest BCUT2D eigenvalue weighted by Crippen LogP contribution is -2.64. The standard InChI is InChI=1S/C28H32ClN5O4/c1-4-15-34-26(36)24-23(25(35)30-14-13-19-5-9-21(29)10-6-19)32-18-33(24)17-28(34,2)27(37)31-16-20-7-11-22(38-3)12-8-20/h5-12,18H,4,13-17H2,1-3H3,(H,30,35)(H,31,37). The third-order valence-corrected chi connectivity index (χ3v) is 6.99. The lowest BCUT2D eigenvalue weighted by molar-refractivity contribution is -0.133. The smallest absolute Gasteiger partial charge is 0.273 e. The molecule has 3 aromatic rings. The number of aromatic nitrogens is 2. The van der Waals surface area contributed by atoms with Crippen molar-refractivity contribution >= 4 is 29.3 Å². The Kier molecular flexibility index (Phi) is 8.36. The van der Waals surface area contributed by atoms with Gasteiger partial charge in [-0.25, -0.2) is 4.98 Å². The molecule has 1 unspecified atom stereocenters. The van der Waals surface area contributed by atoms with Crippen LogP contribution in [0.3, 0.4) is 0 Å². The SMILES string of the molecule is CCCN1C(=O)c2c(C(=O)NCCc3ccc(Cl)cc3)ncn2CC1(C)C(=O)NCc1ccc(OC)cc1. The van der Waals surface area contributed by atoms with E-state index in [4.69, 9.17) is 16.3 Å². The first-order chi connectivity index (χ1) is 18.3. The maximum atomic E-state index is 13.7. The summed E-state index contributed by atoms with van der Waals surface area (Å²) in [6.07, 6.45) is 2.73. The molecule has 1 aliphatic heterocycles. The summed E-state index contributed by atoms with van der Waals surface area (Å²) < 4.78 is 6.79. The van der Waals surface area contributed by atoms with Crippen molar-refractivity contribution in [3.63, 3.8) is 0 Å². The zero-order chi connectivity index (χ0) is 27.3. The molecule has 4 rings (SSSR count). The largest absolute Gasteiger partial charge is 0.497 e. The van der Waals surface area contributed by atoms with Gasteiger partial charge in [0.25, 0.3) is 11.8 Å². The molecule has 0 aliphatic carbocycles. The van der Waals surface area contributed by atoms with Crippen molar-refractivity contribution in [1.82, 2.24) is 25.1 Å². The maximum absolute atomic E-state index is 13.7. The second-order valence-electron chi connectivity index (χ2n) is 9.46. The summed E-state index contributed by atoms with van der Waals surface area (Å²) in [6, 6.07) is 14.8. The number of hydrogen-bond donors (Lipinski definition) is 2. The average Bonchev–Trinajstić information content (AvgIpc) is 3.34. The lowest BCUT2D eigenvalue weighted by Gasteiger charge is -2.43. The second-order valence-corrected chi connectivity index (χ2v) is 9.90. The molecule has 1 aliphatic rings. The van der Waals surface area contributed by atoms with Crippen LogP contribution in [0, 0.1) is 0 Å². The van der Waals surface area contributed by atoms with Gasteiger partial charge in [0.15, 0.2) is 5.69 Å². The molecule has 0 spiro atoms. The molecule has 2 heterocycles. The molecule has 0 fully saturated rings. The van der Waals surface area contributed by atoms with E-state index >= 15 is 0 Å². The Bertz CT molecular complexity index is 1310. The van der Waals surface area contributed by atoms with E-state index in [1.807, 2.05) is 43.3 Å². The van der Waals surface area contributed by atoms with Crippen molar-refractivity contribution in [3.05, 3.63) is 82.4 Å². The molecule has 1 aromatic heterocycles. The minimum Gasteiger partial charge on any atom is -0.497 e. The van der Waals surface area contributed by atoms with Crippen molar-refractivity contribution in [2.75, 3.05) is 20.2 Å². The first kappa shape index (κ1) is 27.2. The van der Waals surface area contributed by atoms with E-state index in [0.29, 0.717) is 37.5 Å². The quantitative estimate of drug-likeness (QED) is 0.412. The molecule has 2 N–H and O–H groups in total. The van der Waals surface area contributed by atoms with Crippen LogP contribution in [0.25, 0.3) is 0 Å². The topological polar surface area (TPSA) is 106 Å². The summed E-state index contributed by atoms with van der Waals surface area (Å²) in [5, 5.41) is 6.47. The number of fused-ring (bicyclic) bond motifs is 1. The monoisotopic (exact) mass is 537 g/mol. The van der Waals surface area contributed by atoms with Gasteiger partial charge in [0.1, 0.15) is 17.0 Å². The van der Waals surface area contributed by atoms with Gasteiger partial charge < -0.3 is 24.8 Å². The molecule has 38 heavy (non-hydrogen) atoms. The summed E-state index contributed by atoms with van der Waals surface area (Å²) >= 11 is 5.93. The Morgan fingerprint density at radius 2 is 1.76 bits per heavy atom. The van der Waals surface area contributed by atoms with Crippen LogP contribution in [0.15, 0.2) is 54.9 Å². The normalized spacial score (nSPS) is 16.6. The zero-order valence-corrected chi connectivity index (χ0v) is 22.5. The van der Waals surface area contributed by atoms with Gasteiger partial charge in [0.2, 0.25) is 5.91 Å². The highest BCUT2D eigenvalue weighted by molar-refractivity contribution is 6.30. The number of rotatable bonds is 10. The Hall–Kier alpha value is -3.85. The minimum absolute atomic E-state index is 0.0629. The van der Waals surface area contributed by atoms with Crippen molar-refractivity contribution in [2.45, 2.75) is 45.3 Å². The number of ether oxygens (including phenoxy) is 1. The first-order valence-corrected chi connectivity index (χ1v) is 13.0. The van der Waals surface area contributed by atoms with Gasteiger partial charge in [-0.15, -0.1) is 0 Å². The van der Waals surface area contributed by atoms with Crippen molar-refractivity contribution < 1.29 is 19.1 Å². The molecule has 0 radical (unpaired) electrons. The van der Waals surface area contributed by atoms with Crippen molar-refractivity contribution in [1.29, 1.82) is 0 Å². The van der Waals surface area contributed by atoms with Gasteiger partial charge in [-0.2, -0.15) is 0 Å². The minimum atomic E-state index is -1.14. The van der Waals surface area contributed by atoms with Gasteiger partial charge in [0.05, 0.1) is 20.0 Å². The predicted molar refractivity (Wildman–Crippen MR) is 144 cm³/mol. The van der Waals surface area contributed by atoms with Crippen molar-refractivity contribution in [2.24, 2.45) is 0 Å². The summed E-state index contributed by atoms with van der Waals surface area (Å²) in [5.74, 6) is -0.356. The molecular formula is C28H32ClN5O4. The highest BCUT2D eigenvalue weighted by atomic mass is 35.5. The van der Waals surface area contributed by atoms with Gasteiger partial charge in [-0.3, -0.25) is 14.4 Å². The molecule has 9 nitrogen and oxygen atoms in total. The third-order valence-electron chi connectivity index (χ3n) is 6.74. The lowest BCUT2D eigenvalue weighted by atomic mass is 9.94. The Morgan fingerprint density at radius 3 is 2.42 bits per heavy atom. The molecular weight excluding hydrogens is 506 g/mol. The second kappa shape index (κ2) is 11.7. The molecule has 0 saturated carbocycles. The molecule has 10 heteroatoms. The van der Waals surface area contributed by atoms with E-state index in [1.165, 1.54) is 6.33 Å². The average molecular weight is 538 g/mol. The van der Waals surface area contributed by atoms with Gasteiger partial charge in [-0.05, 0) is 55.2 Å². The number of imidazole rings is 1. The van der Waals surface area contributed by atoms with Gasteiger partial charge in [-0.1, -0.05) is 42.8 Å². The zero-order valence-electron chi connectivity index (χ0n) is 21.8. The fourth-order valence-corrected chi connectivity index (χ4v) is 4.73. The highest BCUT2D eigenvalue weighted by Crippen LogP contribution is 2.29. The van der Waals surface area contributed by atoms with Crippen LogP contribution in [0.4, 0.5) is 0 Å². The number of nitrogens with zero attached hydrogens (tertiary/aromatic N) is 3. The van der Waals surface area contributed by atoms with Crippen LogP contribution in [-0.4, -0.2) is 57.9 Å². The number of benzene rings is 2. The first-order valence-electron chi connectivity index (χ1n) is 12.6. The number of carbonyl (C=O) groups excluding carboxylic acids is 3. The van der Waals surface area contributed by atoms with Crippen LogP contribution in [0.2, 0.25) is 5.02 Å². The number of carbonyl (C=O) groups is 3. The van der Waals surface area contributed by atoms with E-state index in [0.717, 1.165) is 16.9 Å². The van der Waals surface area contributed by atoms with Crippen LogP contribution in [-0.2, 0) is 24.3 Å². The number of hydrogen-bond acceptors (Lipinski definition) is 5. The van der Waals surface area contributed by atoms with E-state index in [1.54, 1.807) is 35.6 Å². The predicted octanol–water partition coefficient (Wildman–Crippen LogP) is 3.46. The van der Waals surface area contributed by atoms with E-state index in [-0.39, 0.29) is 29.7 Å². The third kappa shape index (κ3) is 5.67. The Labute approximate surface area is 227 Å². The number of nitrogens with one attached hydrogen (secondary N) is 2. The molecule has 0 saturated heterocycles. The number of methoxy groups -OCH3 is 1. The van der Waals surface area contributed by atoms with E-state index in [2.05, 4.69) is 15.6 Å². The Balaban J connectivity index is 1.47. The number of amides is 3. The molecule has 1 atom stereocenters. The van der Waals surface area contributed by atoms with Crippen molar-refractivity contribution in [3.8, 4) is 5.75 Å².